The fourth-order valence-corrected chi connectivity index (χ4v) is 2.80. The molecule has 1 aromatic rings. The van der Waals surface area contributed by atoms with Crippen molar-refractivity contribution in [1.82, 2.24) is 10.2 Å². The average Bonchev–Trinajstić information content (AvgIpc) is 2.47. The average molecular weight is 300 g/mol. The third-order valence-corrected chi connectivity index (χ3v) is 3.90. The Kier molecular flexibility index (Phi) is 6.06. The molecular weight excluding hydrogens is 277 g/mol. The summed E-state index contributed by atoms with van der Waals surface area (Å²) in [5, 5.41) is 3.08. The van der Waals surface area contributed by atoms with Gasteiger partial charge in [0.25, 0.3) is 0 Å². The molecule has 0 saturated carbocycles. The summed E-state index contributed by atoms with van der Waals surface area (Å²) < 4.78 is 38.2. The summed E-state index contributed by atoms with van der Waals surface area (Å²) in [5.74, 6) is 0. The first kappa shape index (κ1) is 16.3. The predicted octanol–water partition coefficient (Wildman–Crippen LogP) is 3.76. The zero-order valence-electron chi connectivity index (χ0n) is 12.2. The number of halogens is 3. The van der Waals surface area contributed by atoms with E-state index in [4.69, 9.17) is 0 Å². The number of benzene rings is 1. The van der Waals surface area contributed by atoms with Gasteiger partial charge >= 0.3 is 6.18 Å². The molecule has 5 heteroatoms. The van der Waals surface area contributed by atoms with E-state index in [1.54, 1.807) is 24.3 Å². The van der Waals surface area contributed by atoms with Crippen molar-refractivity contribution in [3.8, 4) is 0 Å². The van der Waals surface area contributed by atoms with Crippen molar-refractivity contribution < 1.29 is 13.2 Å². The number of likely N-dealkylation sites (tertiary alicyclic amines) is 1. The minimum atomic E-state index is -4.15. The molecule has 1 N–H and O–H groups in total. The summed E-state index contributed by atoms with van der Waals surface area (Å²) in [4.78, 5) is 2.33. The molecule has 1 aromatic carbocycles. The van der Waals surface area contributed by atoms with Crippen LogP contribution in [0.15, 0.2) is 30.3 Å². The highest BCUT2D eigenvalue weighted by molar-refractivity contribution is 5.19. The van der Waals surface area contributed by atoms with Gasteiger partial charge in [0, 0.05) is 19.1 Å². The maximum Gasteiger partial charge on any atom is 0.390 e. The summed E-state index contributed by atoms with van der Waals surface area (Å²) in [7, 11) is 0. The molecule has 0 aliphatic carbocycles. The van der Waals surface area contributed by atoms with Gasteiger partial charge in [-0.1, -0.05) is 36.8 Å². The monoisotopic (exact) mass is 300 g/mol. The molecule has 0 amide bonds. The molecule has 0 spiro atoms. The summed E-state index contributed by atoms with van der Waals surface area (Å²) in [6.45, 7) is 3.55. The van der Waals surface area contributed by atoms with E-state index in [-0.39, 0.29) is 0 Å². The summed E-state index contributed by atoms with van der Waals surface area (Å²) in [5.41, 5.74) is 0.702. The van der Waals surface area contributed by atoms with E-state index in [1.807, 2.05) is 6.07 Å². The van der Waals surface area contributed by atoms with Gasteiger partial charge in [0.2, 0.25) is 0 Å². The normalized spacial score (nSPS) is 18.6. The van der Waals surface area contributed by atoms with Crippen LogP contribution in [0.2, 0.25) is 0 Å². The minimum Gasteiger partial charge on any atom is -0.308 e. The van der Waals surface area contributed by atoms with Crippen molar-refractivity contribution in [1.29, 1.82) is 0 Å². The molecular formula is C16H23F3N2. The van der Waals surface area contributed by atoms with Crippen LogP contribution in [0, 0.1) is 0 Å². The van der Waals surface area contributed by atoms with E-state index in [9.17, 15) is 13.2 Å². The smallest absolute Gasteiger partial charge is 0.308 e. The summed E-state index contributed by atoms with van der Waals surface area (Å²) >= 11 is 0. The second kappa shape index (κ2) is 7.80. The lowest BCUT2D eigenvalue weighted by Gasteiger charge is -2.28. The summed E-state index contributed by atoms with van der Waals surface area (Å²) in [6, 6.07) is 8.24. The van der Waals surface area contributed by atoms with Crippen molar-refractivity contribution >= 4 is 0 Å². The zero-order valence-corrected chi connectivity index (χ0v) is 12.2. The molecule has 0 aromatic heterocycles. The molecule has 2 rings (SSSR count). The number of hydrogen-bond acceptors (Lipinski definition) is 2. The lowest BCUT2D eigenvalue weighted by atomic mass is 10.0. The van der Waals surface area contributed by atoms with E-state index in [1.165, 1.54) is 19.3 Å². The molecule has 1 aliphatic rings. The zero-order chi connectivity index (χ0) is 15.1. The first-order valence-corrected chi connectivity index (χ1v) is 7.62. The molecule has 21 heavy (non-hydrogen) atoms. The van der Waals surface area contributed by atoms with Gasteiger partial charge in [0.15, 0.2) is 0 Å². The molecule has 1 saturated heterocycles. The number of nitrogens with zero attached hydrogens (tertiary/aromatic N) is 1. The maximum atomic E-state index is 12.7. The predicted molar refractivity (Wildman–Crippen MR) is 78.1 cm³/mol. The Morgan fingerprint density at radius 1 is 1.05 bits per heavy atom. The van der Waals surface area contributed by atoms with Crippen LogP contribution in [0.5, 0.6) is 0 Å². The topological polar surface area (TPSA) is 15.3 Å². The van der Waals surface area contributed by atoms with Crippen LogP contribution in [0.1, 0.15) is 37.3 Å². The Labute approximate surface area is 124 Å². The largest absolute Gasteiger partial charge is 0.390 e. The van der Waals surface area contributed by atoms with Gasteiger partial charge in [-0.3, -0.25) is 0 Å². The number of rotatable bonds is 6. The van der Waals surface area contributed by atoms with Crippen LogP contribution in [0.3, 0.4) is 0 Å². The SMILES string of the molecule is FC(F)(F)CC(NCCN1CCCCC1)c1ccccc1. The fourth-order valence-electron chi connectivity index (χ4n) is 2.80. The van der Waals surface area contributed by atoms with E-state index in [0.29, 0.717) is 12.1 Å². The molecule has 1 unspecified atom stereocenters. The van der Waals surface area contributed by atoms with Gasteiger partial charge in [-0.2, -0.15) is 13.2 Å². The third kappa shape index (κ3) is 6.06. The van der Waals surface area contributed by atoms with E-state index < -0.39 is 18.6 Å². The molecule has 1 fully saturated rings. The van der Waals surface area contributed by atoms with Crippen LogP contribution >= 0.6 is 0 Å². The maximum absolute atomic E-state index is 12.7. The van der Waals surface area contributed by atoms with Crippen LogP contribution in [0.4, 0.5) is 13.2 Å². The molecule has 0 bridgehead atoms. The second-order valence-electron chi connectivity index (χ2n) is 5.64. The van der Waals surface area contributed by atoms with Crippen LogP contribution in [-0.2, 0) is 0 Å². The highest BCUT2D eigenvalue weighted by atomic mass is 19.4. The second-order valence-corrected chi connectivity index (χ2v) is 5.64. The minimum absolute atomic E-state index is 0.593. The van der Waals surface area contributed by atoms with Crippen molar-refractivity contribution in [2.75, 3.05) is 26.2 Å². The molecule has 1 heterocycles. The van der Waals surface area contributed by atoms with E-state index >= 15 is 0 Å². The lowest BCUT2D eigenvalue weighted by Crippen LogP contribution is -2.37. The van der Waals surface area contributed by atoms with Crippen molar-refractivity contribution in [2.45, 2.75) is 37.9 Å². The first-order chi connectivity index (χ1) is 10.0. The Morgan fingerprint density at radius 3 is 2.33 bits per heavy atom. The van der Waals surface area contributed by atoms with Gasteiger partial charge in [-0.15, -0.1) is 0 Å². The van der Waals surface area contributed by atoms with Gasteiger partial charge in [0.05, 0.1) is 6.42 Å². The van der Waals surface area contributed by atoms with Gasteiger partial charge < -0.3 is 10.2 Å². The van der Waals surface area contributed by atoms with Gasteiger partial charge in [-0.25, -0.2) is 0 Å². The first-order valence-electron chi connectivity index (χ1n) is 7.62. The Morgan fingerprint density at radius 2 is 1.71 bits per heavy atom. The number of alkyl halides is 3. The van der Waals surface area contributed by atoms with Crippen molar-refractivity contribution in [2.24, 2.45) is 0 Å². The van der Waals surface area contributed by atoms with Gasteiger partial charge in [-0.05, 0) is 31.5 Å². The number of hydrogen-bond donors (Lipinski definition) is 1. The molecule has 118 valence electrons. The summed E-state index contributed by atoms with van der Waals surface area (Å²) in [6.07, 6.45) is -1.31. The Balaban J connectivity index is 1.86. The third-order valence-electron chi connectivity index (χ3n) is 3.90. The molecule has 1 aliphatic heterocycles. The quantitative estimate of drug-likeness (QED) is 0.860. The highest BCUT2D eigenvalue weighted by Crippen LogP contribution is 2.29. The number of piperidine rings is 1. The van der Waals surface area contributed by atoms with Crippen LogP contribution < -0.4 is 5.32 Å². The van der Waals surface area contributed by atoms with E-state index in [0.717, 1.165) is 19.6 Å². The fraction of sp³-hybridized carbons (Fsp3) is 0.625. The highest BCUT2D eigenvalue weighted by Gasteiger charge is 2.32. The molecule has 0 radical (unpaired) electrons. The standard InChI is InChI=1S/C16H23F3N2/c17-16(18,19)13-15(14-7-3-1-4-8-14)20-9-12-21-10-5-2-6-11-21/h1,3-4,7-8,15,20H,2,5-6,9-13H2. The Bertz CT molecular complexity index is 400. The van der Waals surface area contributed by atoms with Crippen molar-refractivity contribution in [3.05, 3.63) is 35.9 Å². The lowest BCUT2D eigenvalue weighted by molar-refractivity contribution is -0.140. The van der Waals surface area contributed by atoms with Crippen molar-refractivity contribution in [3.63, 3.8) is 0 Å². The van der Waals surface area contributed by atoms with Crippen LogP contribution in [-0.4, -0.2) is 37.3 Å². The number of nitrogens with one attached hydrogen (secondary N) is 1. The Hall–Kier alpha value is -1.07. The molecule has 2 nitrogen and oxygen atoms in total. The van der Waals surface area contributed by atoms with Gasteiger partial charge in [0.1, 0.15) is 0 Å². The van der Waals surface area contributed by atoms with E-state index in [2.05, 4.69) is 10.2 Å². The van der Waals surface area contributed by atoms with Crippen LogP contribution in [0.25, 0.3) is 0 Å². The molecule has 1 atom stereocenters.